The van der Waals surface area contributed by atoms with Gasteiger partial charge in [-0.2, -0.15) is 0 Å². The summed E-state index contributed by atoms with van der Waals surface area (Å²) < 4.78 is 0. The van der Waals surface area contributed by atoms with Crippen molar-refractivity contribution in [3.63, 3.8) is 0 Å². The summed E-state index contributed by atoms with van der Waals surface area (Å²) in [6.45, 7) is 15.2. The first-order chi connectivity index (χ1) is 13.2. The van der Waals surface area contributed by atoms with Crippen LogP contribution in [0.1, 0.15) is 112 Å². The predicted octanol–water partition coefficient (Wildman–Crippen LogP) is 8.66. The average molecular weight is 385 g/mol. The standard InChI is InChI=1S/C28H48/c1-19(2)8-7-9-21(4)22-17-26-24-11-10-23-16-20(3)12-15-28(23,6)25(24)13-14-27(26,5)18-22/h10,19-22,24-26H,7-9,11-18H2,1-6H3/t20?,21-,22?,24?,25?,26?,27?,28?/m1/s1. The van der Waals surface area contributed by atoms with Gasteiger partial charge in [-0.25, -0.2) is 0 Å². The molecule has 0 nitrogen and oxygen atoms in total. The van der Waals surface area contributed by atoms with Crippen LogP contribution >= 0.6 is 0 Å². The molecule has 3 saturated carbocycles. The summed E-state index contributed by atoms with van der Waals surface area (Å²) in [4.78, 5) is 0. The second-order valence-corrected chi connectivity index (χ2v) is 12.8. The summed E-state index contributed by atoms with van der Waals surface area (Å²) in [7, 11) is 0. The summed E-state index contributed by atoms with van der Waals surface area (Å²) in [6.07, 6.45) is 19.0. The SMILES string of the molecule is CC(C)CCC[C@@H](C)C1CC2C3CC=C4CC(C)CCC4(C)C3CCC2(C)C1. The predicted molar refractivity (Wildman–Crippen MR) is 122 cm³/mol. The van der Waals surface area contributed by atoms with Crippen molar-refractivity contribution in [3.05, 3.63) is 11.6 Å². The van der Waals surface area contributed by atoms with Crippen molar-refractivity contribution in [1.29, 1.82) is 0 Å². The highest BCUT2D eigenvalue weighted by atomic mass is 14.6. The summed E-state index contributed by atoms with van der Waals surface area (Å²) in [5, 5.41) is 0. The maximum Gasteiger partial charge on any atom is -0.00851 e. The number of rotatable bonds is 5. The van der Waals surface area contributed by atoms with Crippen LogP contribution in [0.2, 0.25) is 0 Å². The molecule has 28 heavy (non-hydrogen) atoms. The van der Waals surface area contributed by atoms with Crippen LogP contribution in [0.15, 0.2) is 11.6 Å². The van der Waals surface area contributed by atoms with Crippen LogP contribution in [-0.2, 0) is 0 Å². The highest BCUT2D eigenvalue weighted by Crippen LogP contribution is 2.66. The Labute approximate surface area is 176 Å². The maximum atomic E-state index is 2.75. The molecule has 160 valence electrons. The second-order valence-electron chi connectivity index (χ2n) is 12.8. The van der Waals surface area contributed by atoms with Crippen LogP contribution in [-0.4, -0.2) is 0 Å². The molecular formula is C28H48. The van der Waals surface area contributed by atoms with E-state index in [1.807, 2.05) is 5.57 Å². The molecule has 3 fully saturated rings. The third-order valence-electron chi connectivity index (χ3n) is 10.4. The Balaban J connectivity index is 1.47. The van der Waals surface area contributed by atoms with Crippen molar-refractivity contribution in [1.82, 2.24) is 0 Å². The molecule has 0 N–H and O–H groups in total. The minimum atomic E-state index is 0.553. The first-order valence-electron chi connectivity index (χ1n) is 12.9. The van der Waals surface area contributed by atoms with Crippen molar-refractivity contribution in [2.45, 2.75) is 112 Å². The Morgan fingerprint density at radius 2 is 1.82 bits per heavy atom. The molecule has 0 aromatic carbocycles. The molecule has 0 saturated heterocycles. The molecule has 0 bridgehead atoms. The summed E-state index contributed by atoms with van der Waals surface area (Å²) in [6, 6.07) is 0. The van der Waals surface area contributed by atoms with E-state index in [0.29, 0.717) is 10.8 Å². The van der Waals surface area contributed by atoms with Gasteiger partial charge in [0.25, 0.3) is 0 Å². The number of hydrogen-bond donors (Lipinski definition) is 0. The van der Waals surface area contributed by atoms with Crippen LogP contribution < -0.4 is 0 Å². The van der Waals surface area contributed by atoms with Crippen molar-refractivity contribution in [2.24, 2.45) is 52.3 Å². The Morgan fingerprint density at radius 3 is 2.57 bits per heavy atom. The molecule has 0 amide bonds. The van der Waals surface area contributed by atoms with Crippen molar-refractivity contribution in [2.75, 3.05) is 0 Å². The van der Waals surface area contributed by atoms with Crippen molar-refractivity contribution < 1.29 is 0 Å². The summed E-state index contributed by atoms with van der Waals surface area (Å²) >= 11 is 0. The van der Waals surface area contributed by atoms with Gasteiger partial charge in [-0.05, 0) is 104 Å². The lowest BCUT2D eigenvalue weighted by Gasteiger charge is -2.57. The van der Waals surface area contributed by atoms with Gasteiger partial charge in [0.15, 0.2) is 0 Å². The summed E-state index contributed by atoms with van der Waals surface area (Å²) in [5.74, 6) is 6.75. The van der Waals surface area contributed by atoms with Crippen LogP contribution in [0.4, 0.5) is 0 Å². The van der Waals surface area contributed by atoms with Gasteiger partial charge in [-0.15, -0.1) is 0 Å². The van der Waals surface area contributed by atoms with Gasteiger partial charge in [0, 0.05) is 0 Å². The van der Waals surface area contributed by atoms with Gasteiger partial charge >= 0.3 is 0 Å². The first kappa shape index (κ1) is 21.0. The highest BCUT2D eigenvalue weighted by Gasteiger charge is 2.57. The fourth-order valence-electron chi connectivity index (χ4n) is 8.48. The van der Waals surface area contributed by atoms with Crippen LogP contribution in [0, 0.1) is 52.3 Å². The van der Waals surface area contributed by atoms with Gasteiger partial charge in [-0.1, -0.05) is 72.5 Å². The molecule has 4 aliphatic carbocycles. The van der Waals surface area contributed by atoms with Crippen LogP contribution in [0.3, 0.4) is 0 Å². The quantitative estimate of drug-likeness (QED) is 0.416. The Kier molecular flexibility index (Phi) is 5.83. The maximum absolute atomic E-state index is 2.75. The third-order valence-corrected chi connectivity index (χ3v) is 10.4. The topological polar surface area (TPSA) is 0 Å². The van der Waals surface area contributed by atoms with E-state index in [1.54, 1.807) is 6.42 Å². The fourth-order valence-corrected chi connectivity index (χ4v) is 8.48. The van der Waals surface area contributed by atoms with E-state index in [4.69, 9.17) is 0 Å². The van der Waals surface area contributed by atoms with Crippen molar-refractivity contribution in [3.8, 4) is 0 Å². The Morgan fingerprint density at radius 1 is 1.04 bits per heavy atom. The monoisotopic (exact) mass is 384 g/mol. The lowest BCUT2D eigenvalue weighted by Crippen LogP contribution is -2.48. The van der Waals surface area contributed by atoms with Gasteiger partial charge in [0.2, 0.25) is 0 Å². The van der Waals surface area contributed by atoms with Gasteiger partial charge in [0.05, 0.1) is 0 Å². The van der Waals surface area contributed by atoms with Gasteiger partial charge in [-0.3, -0.25) is 0 Å². The van der Waals surface area contributed by atoms with Gasteiger partial charge < -0.3 is 0 Å². The van der Waals surface area contributed by atoms with E-state index >= 15 is 0 Å². The molecule has 0 heteroatoms. The molecule has 8 atom stereocenters. The minimum Gasteiger partial charge on any atom is -0.0845 e. The van der Waals surface area contributed by atoms with E-state index in [-0.39, 0.29) is 0 Å². The second kappa shape index (κ2) is 7.77. The smallest absolute Gasteiger partial charge is 0.00851 e. The molecule has 0 aliphatic heterocycles. The minimum absolute atomic E-state index is 0.553. The van der Waals surface area contributed by atoms with Crippen LogP contribution in [0.25, 0.3) is 0 Å². The van der Waals surface area contributed by atoms with Gasteiger partial charge in [0.1, 0.15) is 0 Å². The van der Waals surface area contributed by atoms with Crippen LogP contribution in [0.5, 0.6) is 0 Å². The van der Waals surface area contributed by atoms with E-state index in [2.05, 4.69) is 47.6 Å². The highest BCUT2D eigenvalue weighted by molar-refractivity contribution is 5.24. The Hall–Kier alpha value is -0.260. The molecule has 0 aromatic heterocycles. The molecule has 0 spiro atoms. The average Bonchev–Trinajstić information content (AvgIpc) is 3.00. The normalized spacial score (nSPS) is 46.5. The summed E-state index contributed by atoms with van der Waals surface area (Å²) in [5.41, 5.74) is 3.08. The van der Waals surface area contributed by atoms with E-state index in [0.717, 1.165) is 41.4 Å². The number of fused-ring (bicyclic) bond motifs is 5. The molecule has 7 unspecified atom stereocenters. The third kappa shape index (κ3) is 3.65. The first-order valence-corrected chi connectivity index (χ1v) is 12.9. The zero-order chi connectivity index (χ0) is 20.1. The van der Waals surface area contributed by atoms with E-state index in [1.165, 1.54) is 64.2 Å². The molecule has 4 aliphatic rings. The Bertz CT molecular complexity index is 585. The zero-order valence-electron chi connectivity index (χ0n) is 19.9. The fraction of sp³-hybridized carbons (Fsp3) is 0.929. The lowest BCUT2D eigenvalue weighted by atomic mass is 9.48. The molecule has 0 aromatic rings. The van der Waals surface area contributed by atoms with E-state index < -0.39 is 0 Å². The molecule has 4 rings (SSSR count). The van der Waals surface area contributed by atoms with E-state index in [9.17, 15) is 0 Å². The van der Waals surface area contributed by atoms with Crippen molar-refractivity contribution >= 4 is 0 Å². The zero-order valence-corrected chi connectivity index (χ0v) is 19.9. The molecule has 0 radical (unpaired) electrons. The number of allylic oxidation sites excluding steroid dienone is 2. The lowest BCUT2D eigenvalue weighted by molar-refractivity contribution is -0.0281. The molecule has 0 heterocycles. The molecular weight excluding hydrogens is 336 g/mol. The largest absolute Gasteiger partial charge is 0.0845 e. The number of hydrogen-bond acceptors (Lipinski definition) is 0.